The van der Waals surface area contributed by atoms with Crippen molar-refractivity contribution < 1.29 is 9.47 Å². The molecule has 40 heavy (non-hydrogen) atoms. The molecule has 226 valence electrons. The average Bonchev–Trinajstić information content (AvgIpc) is 2.84. The lowest BCUT2D eigenvalue weighted by molar-refractivity contribution is 0.197. The van der Waals surface area contributed by atoms with Crippen LogP contribution >= 0.6 is 0 Å². The van der Waals surface area contributed by atoms with Crippen LogP contribution in [0.1, 0.15) is 113 Å². The van der Waals surface area contributed by atoms with Crippen LogP contribution in [-0.4, -0.2) is 46.8 Å². The summed E-state index contributed by atoms with van der Waals surface area (Å²) < 4.78 is 12.0. The fourth-order valence-electron chi connectivity index (χ4n) is 4.37. The van der Waals surface area contributed by atoms with Gasteiger partial charge in [-0.1, -0.05) is 40.7 Å². The van der Waals surface area contributed by atoms with Gasteiger partial charge in [0.2, 0.25) is 5.88 Å². The third kappa shape index (κ3) is 13.9. The summed E-state index contributed by atoms with van der Waals surface area (Å²) >= 11 is 0. The molecule has 0 amide bonds. The zero-order valence-electron chi connectivity index (χ0n) is 27.4. The second-order valence-electron chi connectivity index (χ2n) is 14.8. The van der Waals surface area contributed by atoms with E-state index in [4.69, 9.17) is 9.47 Å². The molecule has 0 fully saturated rings. The molecule has 2 aromatic heterocycles. The molecule has 0 saturated heterocycles. The molecule has 2 N–H and O–H groups in total. The van der Waals surface area contributed by atoms with Gasteiger partial charge in [0.25, 0.3) is 0 Å². The molecule has 2 rings (SSSR count). The van der Waals surface area contributed by atoms with Gasteiger partial charge in [0.15, 0.2) is 0 Å². The zero-order chi connectivity index (χ0) is 30.0. The van der Waals surface area contributed by atoms with E-state index in [1.165, 1.54) is 12.0 Å². The van der Waals surface area contributed by atoms with Crippen LogP contribution in [-0.2, 0) is 11.8 Å². The van der Waals surface area contributed by atoms with Gasteiger partial charge in [0.05, 0.1) is 6.10 Å². The van der Waals surface area contributed by atoms with Gasteiger partial charge in [0.1, 0.15) is 12.4 Å². The molecule has 0 saturated carbocycles. The third-order valence-electron chi connectivity index (χ3n) is 7.31. The quantitative estimate of drug-likeness (QED) is 0.209. The summed E-state index contributed by atoms with van der Waals surface area (Å²) in [6.07, 6.45) is 9.37. The maximum absolute atomic E-state index is 6.20. The Kier molecular flexibility index (Phi) is 12.4. The van der Waals surface area contributed by atoms with Crippen LogP contribution in [0.25, 0.3) is 0 Å². The Hall–Kier alpha value is -2.18. The van der Waals surface area contributed by atoms with Gasteiger partial charge >= 0.3 is 0 Å². The standard InChI is InChI=1S/C34H58N4O2/c1-26(40-28-16-20-35-29(24-28)31(2,3)4)15-21-38-34(10,11)19-18-33(8,9)17-14-27-12-13-30(36-25-27)39-23-22-37-32(5,6)7/h12-13,16,20,24-26,37-38H,14-15,17-19,21-23H2,1-11H3. The van der Waals surface area contributed by atoms with Gasteiger partial charge in [0, 0.05) is 53.3 Å². The number of hydrogen-bond acceptors (Lipinski definition) is 6. The van der Waals surface area contributed by atoms with E-state index in [0.717, 1.165) is 50.2 Å². The molecule has 2 aromatic rings. The SMILES string of the molecule is CC(CCNC(C)(C)CCC(C)(C)CCc1ccc(OCCNC(C)(C)C)nc1)Oc1ccnc(C(C)(C)C)c1. The minimum absolute atomic E-state index is 0.0160. The lowest BCUT2D eigenvalue weighted by Gasteiger charge is -2.32. The van der Waals surface area contributed by atoms with E-state index in [2.05, 4.69) is 109 Å². The van der Waals surface area contributed by atoms with Gasteiger partial charge in [-0.3, -0.25) is 4.98 Å². The zero-order valence-corrected chi connectivity index (χ0v) is 27.4. The highest BCUT2D eigenvalue weighted by molar-refractivity contribution is 5.26. The van der Waals surface area contributed by atoms with Crippen LogP contribution in [0.15, 0.2) is 36.7 Å². The van der Waals surface area contributed by atoms with Crippen LogP contribution in [0.4, 0.5) is 0 Å². The molecular weight excluding hydrogens is 496 g/mol. The van der Waals surface area contributed by atoms with Crippen molar-refractivity contribution in [1.29, 1.82) is 0 Å². The van der Waals surface area contributed by atoms with Crippen LogP contribution in [0.2, 0.25) is 0 Å². The first-order valence-electron chi connectivity index (χ1n) is 15.2. The summed E-state index contributed by atoms with van der Waals surface area (Å²) in [6.45, 7) is 26.9. The largest absolute Gasteiger partial charge is 0.491 e. The number of hydrogen-bond donors (Lipinski definition) is 2. The van der Waals surface area contributed by atoms with Crippen molar-refractivity contribution in [3.05, 3.63) is 47.9 Å². The lowest BCUT2D eigenvalue weighted by Crippen LogP contribution is -2.41. The molecule has 1 atom stereocenters. The van der Waals surface area contributed by atoms with Gasteiger partial charge in [-0.2, -0.15) is 0 Å². The molecule has 0 aliphatic heterocycles. The van der Waals surface area contributed by atoms with Crippen LogP contribution < -0.4 is 20.1 Å². The topological polar surface area (TPSA) is 68.3 Å². The molecule has 0 aromatic carbocycles. The number of nitrogens with one attached hydrogen (secondary N) is 2. The predicted molar refractivity (Wildman–Crippen MR) is 169 cm³/mol. The molecule has 0 bridgehead atoms. The van der Waals surface area contributed by atoms with Crippen molar-refractivity contribution >= 4 is 0 Å². The highest BCUT2D eigenvalue weighted by Gasteiger charge is 2.24. The monoisotopic (exact) mass is 554 g/mol. The molecule has 1 unspecified atom stereocenters. The first-order chi connectivity index (χ1) is 18.4. The lowest BCUT2D eigenvalue weighted by atomic mass is 9.79. The maximum atomic E-state index is 6.20. The summed E-state index contributed by atoms with van der Waals surface area (Å²) in [6, 6.07) is 8.17. The van der Waals surface area contributed by atoms with E-state index in [1.54, 1.807) is 0 Å². The van der Waals surface area contributed by atoms with Gasteiger partial charge in [-0.05, 0) is 97.2 Å². The summed E-state index contributed by atoms with van der Waals surface area (Å²) in [7, 11) is 0. The minimum Gasteiger partial charge on any atom is -0.491 e. The third-order valence-corrected chi connectivity index (χ3v) is 7.31. The van der Waals surface area contributed by atoms with Crippen molar-refractivity contribution in [2.24, 2.45) is 5.41 Å². The summed E-state index contributed by atoms with van der Waals surface area (Å²) in [5.74, 6) is 1.60. The van der Waals surface area contributed by atoms with Crippen LogP contribution in [0, 0.1) is 5.41 Å². The molecular formula is C34H58N4O2. The Bertz CT molecular complexity index is 1000. The maximum Gasteiger partial charge on any atom is 0.213 e. The Morgan fingerprint density at radius 1 is 0.825 bits per heavy atom. The molecule has 0 spiro atoms. The highest BCUT2D eigenvalue weighted by Crippen LogP contribution is 2.31. The van der Waals surface area contributed by atoms with Crippen molar-refractivity contribution in [3.8, 4) is 11.6 Å². The normalized spacial score (nSPS) is 13.8. The van der Waals surface area contributed by atoms with Crippen molar-refractivity contribution in [2.45, 2.75) is 131 Å². The Morgan fingerprint density at radius 3 is 2.17 bits per heavy atom. The van der Waals surface area contributed by atoms with Crippen LogP contribution in [0.3, 0.4) is 0 Å². The van der Waals surface area contributed by atoms with E-state index in [1.807, 2.05) is 24.5 Å². The van der Waals surface area contributed by atoms with Gasteiger partial charge < -0.3 is 20.1 Å². The van der Waals surface area contributed by atoms with E-state index < -0.39 is 0 Å². The van der Waals surface area contributed by atoms with Gasteiger partial charge in [-0.25, -0.2) is 4.98 Å². The fourth-order valence-corrected chi connectivity index (χ4v) is 4.37. The van der Waals surface area contributed by atoms with Crippen molar-refractivity contribution in [2.75, 3.05) is 19.7 Å². The number of ether oxygens (including phenoxy) is 2. The first kappa shape index (κ1) is 34.0. The second kappa shape index (κ2) is 14.6. The predicted octanol–water partition coefficient (Wildman–Crippen LogP) is 7.51. The molecule has 6 nitrogen and oxygen atoms in total. The second-order valence-corrected chi connectivity index (χ2v) is 14.8. The Labute approximate surface area is 245 Å². The number of pyridine rings is 2. The number of rotatable bonds is 16. The fraction of sp³-hybridized carbons (Fsp3) is 0.706. The first-order valence-corrected chi connectivity index (χ1v) is 15.2. The molecule has 0 aliphatic rings. The van der Waals surface area contributed by atoms with Gasteiger partial charge in [-0.15, -0.1) is 0 Å². The summed E-state index contributed by atoms with van der Waals surface area (Å²) in [4.78, 5) is 9.02. The number of aromatic nitrogens is 2. The molecule has 0 radical (unpaired) electrons. The Balaban J connectivity index is 1.70. The van der Waals surface area contributed by atoms with E-state index in [9.17, 15) is 0 Å². The van der Waals surface area contributed by atoms with Crippen molar-refractivity contribution in [3.63, 3.8) is 0 Å². The van der Waals surface area contributed by atoms with Crippen LogP contribution in [0.5, 0.6) is 11.6 Å². The summed E-state index contributed by atoms with van der Waals surface area (Å²) in [5.41, 5.74) is 2.78. The number of nitrogens with zero attached hydrogens (tertiary/aromatic N) is 2. The molecule has 2 heterocycles. The van der Waals surface area contributed by atoms with Crippen molar-refractivity contribution in [1.82, 2.24) is 20.6 Å². The Morgan fingerprint density at radius 2 is 1.55 bits per heavy atom. The number of aryl methyl sites for hydroxylation is 1. The molecule has 6 heteroatoms. The highest BCUT2D eigenvalue weighted by atomic mass is 16.5. The molecule has 0 aliphatic carbocycles. The van der Waals surface area contributed by atoms with E-state index in [-0.39, 0.29) is 28.0 Å². The average molecular weight is 555 g/mol. The van der Waals surface area contributed by atoms with E-state index >= 15 is 0 Å². The van der Waals surface area contributed by atoms with E-state index in [0.29, 0.717) is 12.5 Å². The minimum atomic E-state index is 0.0160. The smallest absolute Gasteiger partial charge is 0.213 e. The summed E-state index contributed by atoms with van der Waals surface area (Å²) in [5, 5.41) is 7.20.